The van der Waals surface area contributed by atoms with Crippen molar-refractivity contribution < 1.29 is 28.5 Å². The van der Waals surface area contributed by atoms with Gasteiger partial charge in [0.2, 0.25) is 5.75 Å². The average molecular weight is 485 g/mol. The number of halogens is 1. The van der Waals surface area contributed by atoms with Gasteiger partial charge in [-0.1, -0.05) is 18.0 Å². The number of hydrogen-bond acceptors (Lipinski definition) is 7. The summed E-state index contributed by atoms with van der Waals surface area (Å²) in [6, 6.07) is 6.04. The molecule has 5 rings (SSSR count). The highest BCUT2D eigenvalue weighted by atomic mass is 35.5. The van der Waals surface area contributed by atoms with E-state index in [9.17, 15) is 9.59 Å². The topological polar surface area (TPSA) is 87.2 Å². The van der Waals surface area contributed by atoms with Gasteiger partial charge in [0.05, 0.1) is 43.9 Å². The number of pyridine rings is 1. The fraction of sp³-hybridized carbons (Fsp3) is 0.400. The molecule has 1 amide bonds. The molecular weight excluding hydrogens is 460 g/mol. The van der Waals surface area contributed by atoms with E-state index in [0.717, 1.165) is 25.7 Å². The predicted molar refractivity (Wildman–Crippen MR) is 124 cm³/mol. The second kappa shape index (κ2) is 8.83. The van der Waals surface area contributed by atoms with Crippen LogP contribution >= 0.6 is 11.6 Å². The molecule has 0 radical (unpaired) electrons. The van der Waals surface area contributed by atoms with Crippen LogP contribution in [0.4, 0.5) is 5.82 Å². The van der Waals surface area contributed by atoms with E-state index >= 15 is 0 Å². The van der Waals surface area contributed by atoms with Crippen LogP contribution in [0.1, 0.15) is 37.3 Å². The van der Waals surface area contributed by atoms with E-state index in [1.54, 1.807) is 24.3 Å². The molecule has 9 heteroatoms. The first-order valence-electron chi connectivity index (χ1n) is 11.2. The normalized spacial score (nSPS) is 23.9. The molecule has 3 aliphatic rings. The Hall–Kier alpha value is -3.26. The van der Waals surface area contributed by atoms with Gasteiger partial charge >= 0.3 is 0 Å². The summed E-state index contributed by atoms with van der Waals surface area (Å²) in [7, 11) is 4.56. The molecule has 1 fully saturated rings. The number of carbonyl (C=O) groups excluding carboxylic acids is 2. The van der Waals surface area contributed by atoms with Crippen molar-refractivity contribution in [3.63, 3.8) is 0 Å². The molecule has 3 heterocycles. The van der Waals surface area contributed by atoms with E-state index in [1.165, 1.54) is 32.4 Å². The molecule has 0 bridgehead atoms. The lowest BCUT2D eigenvalue weighted by atomic mass is 9.77. The third kappa shape index (κ3) is 3.48. The van der Waals surface area contributed by atoms with Crippen molar-refractivity contribution in [1.82, 2.24) is 4.98 Å². The van der Waals surface area contributed by atoms with E-state index in [4.69, 9.17) is 30.5 Å². The summed E-state index contributed by atoms with van der Waals surface area (Å²) in [4.78, 5) is 33.3. The SMILES string of the molecule is COc1cc(C2C3=C(OC4CCCCC4C3=O)C(=O)N2c2ccc(Cl)cn2)cc(OC)c1OC. The number of ketones is 1. The molecule has 2 aliphatic heterocycles. The van der Waals surface area contributed by atoms with E-state index < -0.39 is 11.9 Å². The summed E-state index contributed by atoms with van der Waals surface area (Å²) in [6.07, 6.45) is 4.64. The van der Waals surface area contributed by atoms with Gasteiger partial charge in [-0.3, -0.25) is 14.5 Å². The highest BCUT2D eigenvalue weighted by Gasteiger charge is 2.53. The zero-order valence-corrected chi connectivity index (χ0v) is 19.9. The zero-order chi connectivity index (χ0) is 24.0. The first-order valence-corrected chi connectivity index (χ1v) is 11.6. The molecule has 0 N–H and O–H groups in total. The van der Waals surface area contributed by atoms with E-state index in [0.29, 0.717) is 39.2 Å². The Morgan fingerprint density at radius 3 is 2.35 bits per heavy atom. The lowest BCUT2D eigenvalue weighted by Crippen LogP contribution is -2.39. The smallest absolute Gasteiger partial charge is 0.295 e. The van der Waals surface area contributed by atoms with Crippen molar-refractivity contribution in [1.29, 1.82) is 0 Å². The Labute approximate surface area is 202 Å². The fourth-order valence-electron chi connectivity index (χ4n) is 5.17. The third-order valence-electron chi connectivity index (χ3n) is 6.72. The zero-order valence-electron chi connectivity index (χ0n) is 19.2. The Bertz CT molecular complexity index is 1150. The number of rotatable bonds is 5. The Kier molecular flexibility index (Phi) is 5.85. The van der Waals surface area contributed by atoms with Crippen molar-refractivity contribution in [2.24, 2.45) is 5.92 Å². The van der Waals surface area contributed by atoms with Crippen LogP contribution in [-0.2, 0) is 14.3 Å². The molecule has 3 unspecified atom stereocenters. The molecule has 3 atom stereocenters. The Morgan fingerprint density at radius 1 is 1.03 bits per heavy atom. The highest BCUT2D eigenvalue weighted by molar-refractivity contribution is 6.30. The summed E-state index contributed by atoms with van der Waals surface area (Å²) in [5.41, 5.74) is 0.968. The maximum Gasteiger partial charge on any atom is 0.295 e. The number of nitrogens with zero attached hydrogens (tertiary/aromatic N) is 2. The van der Waals surface area contributed by atoms with Crippen LogP contribution in [0, 0.1) is 5.92 Å². The number of fused-ring (bicyclic) bond motifs is 1. The monoisotopic (exact) mass is 484 g/mol. The van der Waals surface area contributed by atoms with Crippen molar-refractivity contribution >= 4 is 29.1 Å². The van der Waals surface area contributed by atoms with Gasteiger partial charge in [0.25, 0.3) is 5.91 Å². The van der Waals surface area contributed by atoms with Gasteiger partial charge in [0, 0.05) is 6.20 Å². The van der Waals surface area contributed by atoms with Gasteiger partial charge in [-0.2, -0.15) is 0 Å². The van der Waals surface area contributed by atoms with Crippen LogP contribution in [0.5, 0.6) is 17.2 Å². The summed E-state index contributed by atoms with van der Waals surface area (Å²) >= 11 is 6.05. The van der Waals surface area contributed by atoms with Gasteiger partial charge in [0.15, 0.2) is 23.0 Å². The van der Waals surface area contributed by atoms with E-state index in [2.05, 4.69) is 4.98 Å². The maximum absolute atomic E-state index is 13.8. The number of Topliss-reactive ketones (excluding diaryl/α,β-unsaturated/α-hetero) is 1. The Morgan fingerprint density at radius 2 is 1.74 bits per heavy atom. The third-order valence-corrected chi connectivity index (χ3v) is 6.95. The highest BCUT2D eigenvalue weighted by Crippen LogP contribution is 2.50. The van der Waals surface area contributed by atoms with Gasteiger partial charge < -0.3 is 18.9 Å². The van der Waals surface area contributed by atoms with E-state index in [1.807, 2.05) is 0 Å². The summed E-state index contributed by atoms with van der Waals surface area (Å²) in [6.45, 7) is 0. The van der Waals surface area contributed by atoms with Crippen molar-refractivity contribution in [3.8, 4) is 17.2 Å². The minimum Gasteiger partial charge on any atom is -0.493 e. The van der Waals surface area contributed by atoms with Gasteiger partial charge in [-0.25, -0.2) is 4.98 Å². The number of carbonyl (C=O) groups is 2. The van der Waals surface area contributed by atoms with E-state index in [-0.39, 0.29) is 23.6 Å². The minimum atomic E-state index is -0.764. The Balaban J connectivity index is 1.70. The quantitative estimate of drug-likeness (QED) is 0.626. The second-order valence-electron chi connectivity index (χ2n) is 8.53. The van der Waals surface area contributed by atoms with Crippen LogP contribution in [0.3, 0.4) is 0 Å². The molecule has 1 aliphatic carbocycles. The standard InChI is InChI=1S/C25H25ClN2O6/c1-31-17-10-13(11-18(32-2)23(17)33-3)21-20-22(29)15-6-4-5-7-16(15)34-24(20)25(30)28(21)19-9-8-14(26)12-27-19/h8-12,15-16,21H,4-7H2,1-3H3. The number of amides is 1. The number of anilines is 1. The number of methoxy groups -OCH3 is 3. The lowest BCUT2D eigenvalue weighted by Gasteiger charge is -2.35. The fourth-order valence-corrected chi connectivity index (χ4v) is 5.28. The van der Waals surface area contributed by atoms with Gasteiger partial charge in [0.1, 0.15) is 11.9 Å². The number of hydrogen-bond donors (Lipinski definition) is 0. The molecule has 0 saturated heterocycles. The van der Waals surface area contributed by atoms with Gasteiger partial charge in [-0.05, 0) is 49.1 Å². The molecular formula is C25H25ClN2O6. The number of aromatic nitrogens is 1. The molecule has 1 saturated carbocycles. The molecule has 1 aromatic heterocycles. The molecule has 34 heavy (non-hydrogen) atoms. The van der Waals surface area contributed by atoms with Crippen LogP contribution in [0.2, 0.25) is 5.02 Å². The molecule has 2 aromatic rings. The summed E-state index contributed by atoms with van der Waals surface area (Å²) < 4.78 is 22.7. The van der Waals surface area contributed by atoms with Crippen molar-refractivity contribution in [3.05, 3.63) is 52.4 Å². The molecule has 1 aromatic carbocycles. The predicted octanol–water partition coefficient (Wildman–Crippen LogP) is 4.26. The second-order valence-corrected chi connectivity index (χ2v) is 8.96. The van der Waals surface area contributed by atoms with Crippen LogP contribution in [0.15, 0.2) is 41.8 Å². The maximum atomic E-state index is 13.8. The van der Waals surface area contributed by atoms with Gasteiger partial charge in [-0.15, -0.1) is 0 Å². The number of ether oxygens (including phenoxy) is 4. The first-order chi connectivity index (χ1) is 16.5. The number of benzene rings is 1. The molecule has 8 nitrogen and oxygen atoms in total. The van der Waals surface area contributed by atoms with Crippen LogP contribution in [0.25, 0.3) is 0 Å². The average Bonchev–Trinajstić information content (AvgIpc) is 3.16. The lowest BCUT2D eigenvalue weighted by molar-refractivity contribution is -0.131. The van der Waals surface area contributed by atoms with Crippen molar-refractivity contribution in [2.75, 3.05) is 26.2 Å². The molecule has 0 spiro atoms. The van der Waals surface area contributed by atoms with Crippen LogP contribution < -0.4 is 19.1 Å². The molecule has 178 valence electrons. The summed E-state index contributed by atoms with van der Waals surface area (Å²) in [5, 5.41) is 0.441. The first kappa shape index (κ1) is 22.5. The minimum absolute atomic E-state index is 0.0467. The summed E-state index contributed by atoms with van der Waals surface area (Å²) in [5.74, 6) is 1.01. The van der Waals surface area contributed by atoms with Crippen LogP contribution in [-0.4, -0.2) is 44.1 Å². The largest absolute Gasteiger partial charge is 0.493 e. The van der Waals surface area contributed by atoms with Crippen molar-refractivity contribution in [2.45, 2.75) is 37.8 Å².